The van der Waals surface area contributed by atoms with Gasteiger partial charge in [0.2, 0.25) is 11.1 Å². The molecular formula is C19H18ClN5OS. The lowest BCUT2D eigenvalue weighted by atomic mass is 10.0. The summed E-state index contributed by atoms with van der Waals surface area (Å²) in [7, 11) is 0. The lowest BCUT2D eigenvalue weighted by molar-refractivity contribution is -0.116. The number of thioether (sulfide) groups is 1. The van der Waals surface area contributed by atoms with Gasteiger partial charge in [0.25, 0.3) is 0 Å². The molecule has 138 valence electrons. The summed E-state index contributed by atoms with van der Waals surface area (Å²) < 4.78 is 1.83. The Morgan fingerprint density at radius 1 is 1.15 bits per heavy atom. The van der Waals surface area contributed by atoms with E-state index < -0.39 is 5.25 Å². The van der Waals surface area contributed by atoms with E-state index >= 15 is 0 Å². The van der Waals surface area contributed by atoms with E-state index in [1.807, 2.05) is 67.1 Å². The number of fused-ring (bicyclic) bond motifs is 1. The topological polar surface area (TPSA) is 71.8 Å². The maximum Gasteiger partial charge on any atom is 0.240 e. The standard InChI is InChI=1S/C19H18ClN5OS/c1-11-14(20)9-6-10-15(11)21-18(26)17-16(13-7-4-3-5-8-13)24-25-12(2)22-23-19(25)27-17/h3-10,16-17,24H,1-2H3,(H,21,26)/t16-,17+/m1/s1. The van der Waals surface area contributed by atoms with Crippen LogP contribution in [0.4, 0.5) is 5.69 Å². The molecule has 1 aliphatic heterocycles. The third-order valence-electron chi connectivity index (χ3n) is 4.54. The predicted molar refractivity (Wildman–Crippen MR) is 108 cm³/mol. The van der Waals surface area contributed by atoms with Crippen molar-refractivity contribution in [2.45, 2.75) is 30.3 Å². The van der Waals surface area contributed by atoms with Gasteiger partial charge in [-0.05, 0) is 37.1 Å². The van der Waals surface area contributed by atoms with Gasteiger partial charge in [-0.2, -0.15) is 0 Å². The summed E-state index contributed by atoms with van der Waals surface area (Å²) in [5, 5.41) is 12.2. The number of nitrogens with zero attached hydrogens (tertiary/aromatic N) is 3. The number of amides is 1. The van der Waals surface area contributed by atoms with Crippen molar-refractivity contribution in [3.8, 4) is 0 Å². The van der Waals surface area contributed by atoms with E-state index in [1.165, 1.54) is 11.8 Å². The second-order valence-electron chi connectivity index (χ2n) is 6.32. The van der Waals surface area contributed by atoms with Gasteiger partial charge in [-0.15, -0.1) is 10.2 Å². The summed E-state index contributed by atoms with van der Waals surface area (Å²) in [6.45, 7) is 3.76. The lowest BCUT2D eigenvalue weighted by Crippen LogP contribution is -2.41. The van der Waals surface area contributed by atoms with Gasteiger partial charge in [0.15, 0.2) is 0 Å². The van der Waals surface area contributed by atoms with E-state index in [0.29, 0.717) is 15.9 Å². The highest BCUT2D eigenvalue weighted by molar-refractivity contribution is 8.00. The predicted octanol–water partition coefficient (Wildman–Crippen LogP) is 3.95. The zero-order valence-electron chi connectivity index (χ0n) is 14.8. The number of hydrogen-bond donors (Lipinski definition) is 2. The molecule has 0 saturated carbocycles. The lowest BCUT2D eigenvalue weighted by Gasteiger charge is -2.32. The number of nitrogens with one attached hydrogen (secondary N) is 2. The Morgan fingerprint density at radius 3 is 2.70 bits per heavy atom. The second kappa shape index (κ2) is 7.25. The Labute approximate surface area is 166 Å². The molecule has 2 aromatic carbocycles. The minimum Gasteiger partial charge on any atom is -0.325 e. The molecule has 1 amide bonds. The summed E-state index contributed by atoms with van der Waals surface area (Å²) >= 11 is 7.59. The van der Waals surface area contributed by atoms with Crippen LogP contribution >= 0.6 is 23.4 Å². The molecule has 0 unspecified atom stereocenters. The van der Waals surface area contributed by atoms with Gasteiger partial charge in [-0.25, -0.2) is 4.68 Å². The average molecular weight is 400 g/mol. The van der Waals surface area contributed by atoms with Crippen LogP contribution < -0.4 is 10.7 Å². The molecule has 2 N–H and O–H groups in total. The highest BCUT2D eigenvalue weighted by atomic mass is 35.5. The van der Waals surface area contributed by atoms with Crippen molar-refractivity contribution in [3.05, 3.63) is 70.5 Å². The number of rotatable bonds is 3. The monoisotopic (exact) mass is 399 g/mol. The molecule has 0 bridgehead atoms. The van der Waals surface area contributed by atoms with Crippen LogP contribution in [0.3, 0.4) is 0 Å². The molecule has 4 rings (SSSR count). The first-order chi connectivity index (χ1) is 13.0. The van der Waals surface area contributed by atoms with E-state index in [9.17, 15) is 4.79 Å². The van der Waals surface area contributed by atoms with Crippen LogP contribution in [0.25, 0.3) is 0 Å². The molecule has 0 fully saturated rings. The van der Waals surface area contributed by atoms with Crippen LogP contribution in [0.5, 0.6) is 0 Å². The van der Waals surface area contributed by atoms with Gasteiger partial charge >= 0.3 is 0 Å². The summed E-state index contributed by atoms with van der Waals surface area (Å²) in [6, 6.07) is 15.2. The number of halogens is 1. The quantitative estimate of drug-likeness (QED) is 0.697. The fourth-order valence-corrected chi connectivity index (χ4v) is 4.32. The Hall–Kier alpha value is -2.51. The molecule has 8 heteroatoms. The molecule has 1 aromatic heterocycles. The molecular weight excluding hydrogens is 382 g/mol. The first kappa shape index (κ1) is 17.9. The molecule has 2 atom stereocenters. The molecule has 3 aromatic rings. The molecule has 6 nitrogen and oxygen atoms in total. The summed E-state index contributed by atoms with van der Waals surface area (Å²) in [5.74, 6) is 0.640. The number of hydrogen-bond acceptors (Lipinski definition) is 5. The molecule has 0 spiro atoms. The first-order valence-electron chi connectivity index (χ1n) is 8.51. The van der Waals surface area contributed by atoms with E-state index in [-0.39, 0.29) is 11.9 Å². The maximum absolute atomic E-state index is 13.2. The summed E-state index contributed by atoms with van der Waals surface area (Å²) in [5.41, 5.74) is 5.96. The van der Waals surface area contributed by atoms with Crippen molar-refractivity contribution in [2.75, 3.05) is 10.7 Å². The number of aromatic nitrogens is 3. The number of anilines is 1. The maximum atomic E-state index is 13.2. The van der Waals surface area contributed by atoms with E-state index in [0.717, 1.165) is 17.0 Å². The normalized spacial score (nSPS) is 18.5. The number of aryl methyl sites for hydroxylation is 1. The van der Waals surface area contributed by atoms with Crippen LogP contribution in [-0.4, -0.2) is 26.0 Å². The van der Waals surface area contributed by atoms with Crippen molar-refractivity contribution in [2.24, 2.45) is 0 Å². The third-order valence-corrected chi connectivity index (χ3v) is 6.17. The van der Waals surface area contributed by atoms with Crippen molar-refractivity contribution in [3.63, 3.8) is 0 Å². The Balaban J connectivity index is 1.67. The largest absolute Gasteiger partial charge is 0.325 e. The molecule has 0 aliphatic carbocycles. The van der Waals surface area contributed by atoms with Crippen LogP contribution in [0.2, 0.25) is 5.02 Å². The first-order valence-corrected chi connectivity index (χ1v) is 9.76. The summed E-state index contributed by atoms with van der Waals surface area (Å²) in [4.78, 5) is 13.2. The highest BCUT2D eigenvalue weighted by Crippen LogP contribution is 2.37. The minimum atomic E-state index is -0.415. The highest BCUT2D eigenvalue weighted by Gasteiger charge is 2.37. The average Bonchev–Trinajstić information content (AvgIpc) is 3.05. The SMILES string of the molecule is Cc1c(Cl)cccc1NC(=O)[C@H]1Sc2nnc(C)n2N[C@@H]1c1ccccc1. The van der Waals surface area contributed by atoms with E-state index in [4.69, 9.17) is 11.6 Å². The Bertz CT molecular complexity index is 991. The zero-order valence-corrected chi connectivity index (χ0v) is 16.4. The van der Waals surface area contributed by atoms with Crippen molar-refractivity contribution < 1.29 is 4.79 Å². The Morgan fingerprint density at radius 2 is 1.93 bits per heavy atom. The Kier molecular flexibility index (Phi) is 4.80. The molecule has 1 aliphatic rings. The second-order valence-corrected chi connectivity index (χ2v) is 7.84. The van der Waals surface area contributed by atoms with E-state index in [2.05, 4.69) is 20.9 Å². The number of carbonyl (C=O) groups is 1. The summed E-state index contributed by atoms with van der Waals surface area (Å²) in [6.07, 6.45) is 0. The van der Waals surface area contributed by atoms with Crippen LogP contribution in [0.1, 0.15) is 23.0 Å². The van der Waals surface area contributed by atoms with Gasteiger partial charge in [0.05, 0.1) is 6.04 Å². The smallest absolute Gasteiger partial charge is 0.240 e. The minimum absolute atomic E-state index is 0.112. The van der Waals surface area contributed by atoms with Gasteiger partial charge in [0.1, 0.15) is 11.1 Å². The van der Waals surface area contributed by atoms with Crippen molar-refractivity contribution in [1.29, 1.82) is 0 Å². The van der Waals surface area contributed by atoms with Gasteiger partial charge in [0, 0.05) is 10.7 Å². The van der Waals surface area contributed by atoms with E-state index in [1.54, 1.807) is 0 Å². The number of carbonyl (C=O) groups excluding carboxylic acids is 1. The molecule has 2 heterocycles. The number of benzene rings is 2. The van der Waals surface area contributed by atoms with Gasteiger partial charge in [-0.3, -0.25) is 4.79 Å². The fourth-order valence-electron chi connectivity index (χ4n) is 3.02. The zero-order chi connectivity index (χ0) is 19.0. The van der Waals surface area contributed by atoms with Gasteiger partial charge < -0.3 is 10.7 Å². The van der Waals surface area contributed by atoms with Crippen LogP contribution in [0, 0.1) is 13.8 Å². The molecule has 0 radical (unpaired) electrons. The molecule has 27 heavy (non-hydrogen) atoms. The van der Waals surface area contributed by atoms with Gasteiger partial charge in [-0.1, -0.05) is 59.8 Å². The van der Waals surface area contributed by atoms with Crippen LogP contribution in [0.15, 0.2) is 53.7 Å². The van der Waals surface area contributed by atoms with Crippen molar-refractivity contribution >= 4 is 35.0 Å². The van der Waals surface area contributed by atoms with Crippen molar-refractivity contribution in [1.82, 2.24) is 14.9 Å². The fraction of sp³-hybridized carbons (Fsp3) is 0.211. The molecule has 0 saturated heterocycles. The van der Waals surface area contributed by atoms with Crippen LogP contribution in [-0.2, 0) is 4.79 Å². The third kappa shape index (κ3) is 3.40.